The summed E-state index contributed by atoms with van der Waals surface area (Å²) in [4.78, 5) is 12.8. The van der Waals surface area contributed by atoms with E-state index in [1.54, 1.807) is 12.1 Å². The Kier molecular flexibility index (Phi) is 6.73. The molecule has 7 heteroatoms. The molecule has 0 fully saturated rings. The largest absolute Gasteiger partial charge is 0.489 e. The molecular formula is C25H21ClN2O3S. The zero-order valence-electron chi connectivity index (χ0n) is 17.3. The van der Waals surface area contributed by atoms with Gasteiger partial charge in [-0.15, -0.1) is 0 Å². The summed E-state index contributed by atoms with van der Waals surface area (Å²) in [6.45, 7) is 0.476. The summed E-state index contributed by atoms with van der Waals surface area (Å²) in [7, 11) is 1.36. The SMILES string of the molecule is COC(=O)C1=C(c2ccc(Cl)cc2)NC(=S)N[C@H]1c1ccc(OCc2ccccc2)cc1. The van der Waals surface area contributed by atoms with Crippen LogP contribution in [-0.2, 0) is 16.1 Å². The summed E-state index contributed by atoms with van der Waals surface area (Å²) in [5.74, 6) is 0.280. The fourth-order valence-corrected chi connectivity index (χ4v) is 3.83. The summed E-state index contributed by atoms with van der Waals surface area (Å²) in [6, 6.07) is 24.2. The van der Waals surface area contributed by atoms with Crippen molar-refractivity contribution in [2.24, 2.45) is 0 Å². The van der Waals surface area contributed by atoms with Gasteiger partial charge in [0.15, 0.2) is 5.11 Å². The minimum Gasteiger partial charge on any atom is -0.489 e. The second-order valence-corrected chi connectivity index (χ2v) is 8.01. The van der Waals surface area contributed by atoms with Crippen LogP contribution in [0, 0.1) is 0 Å². The Bertz CT molecular complexity index is 1150. The van der Waals surface area contributed by atoms with Gasteiger partial charge < -0.3 is 20.1 Å². The number of hydrogen-bond donors (Lipinski definition) is 2. The molecule has 1 heterocycles. The number of carbonyl (C=O) groups is 1. The number of benzene rings is 3. The second-order valence-electron chi connectivity index (χ2n) is 7.16. The first-order valence-corrected chi connectivity index (χ1v) is 10.8. The van der Waals surface area contributed by atoms with Gasteiger partial charge in [0.05, 0.1) is 24.4 Å². The molecule has 162 valence electrons. The van der Waals surface area contributed by atoms with Crippen LogP contribution < -0.4 is 15.4 Å². The second kappa shape index (κ2) is 9.85. The number of rotatable bonds is 6. The molecule has 3 aromatic carbocycles. The minimum atomic E-state index is -0.481. The number of ether oxygens (including phenoxy) is 2. The first-order valence-electron chi connectivity index (χ1n) is 9.98. The van der Waals surface area contributed by atoms with Crippen molar-refractivity contribution in [2.75, 3.05) is 7.11 Å². The van der Waals surface area contributed by atoms with Gasteiger partial charge in [0.25, 0.3) is 0 Å². The Morgan fingerprint density at radius 3 is 2.34 bits per heavy atom. The molecule has 5 nitrogen and oxygen atoms in total. The van der Waals surface area contributed by atoms with Crippen molar-refractivity contribution in [2.45, 2.75) is 12.6 Å². The lowest BCUT2D eigenvalue weighted by Gasteiger charge is -2.31. The van der Waals surface area contributed by atoms with E-state index in [0.717, 1.165) is 22.4 Å². The van der Waals surface area contributed by atoms with E-state index in [2.05, 4.69) is 10.6 Å². The van der Waals surface area contributed by atoms with E-state index < -0.39 is 12.0 Å². The van der Waals surface area contributed by atoms with Gasteiger partial charge in [0, 0.05) is 5.02 Å². The normalized spacial score (nSPS) is 15.6. The van der Waals surface area contributed by atoms with E-state index in [4.69, 9.17) is 33.3 Å². The molecule has 0 aromatic heterocycles. The molecule has 0 amide bonds. The number of esters is 1. The van der Waals surface area contributed by atoms with Gasteiger partial charge in [0.1, 0.15) is 12.4 Å². The lowest BCUT2D eigenvalue weighted by Crippen LogP contribution is -2.45. The quantitative estimate of drug-likeness (QED) is 0.394. The van der Waals surface area contributed by atoms with Crippen molar-refractivity contribution in [3.8, 4) is 5.75 Å². The van der Waals surface area contributed by atoms with Crippen LogP contribution in [0.2, 0.25) is 5.02 Å². The summed E-state index contributed by atoms with van der Waals surface area (Å²) in [5, 5.41) is 7.30. The summed E-state index contributed by atoms with van der Waals surface area (Å²) >= 11 is 11.5. The van der Waals surface area contributed by atoms with Crippen molar-refractivity contribution >= 4 is 40.6 Å². The van der Waals surface area contributed by atoms with E-state index >= 15 is 0 Å². The van der Waals surface area contributed by atoms with Gasteiger partial charge in [-0.1, -0.05) is 66.2 Å². The van der Waals surface area contributed by atoms with Crippen molar-refractivity contribution in [3.63, 3.8) is 0 Å². The molecule has 0 spiro atoms. The molecule has 4 rings (SSSR count). The predicted molar refractivity (Wildman–Crippen MR) is 129 cm³/mol. The highest BCUT2D eigenvalue weighted by molar-refractivity contribution is 7.80. The Morgan fingerprint density at radius 2 is 1.69 bits per heavy atom. The van der Waals surface area contributed by atoms with Crippen LogP contribution in [0.5, 0.6) is 5.75 Å². The monoisotopic (exact) mass is 464 g/mol. The molecule has 0 radical (unpaired) electrons. The molecule has 0 saturated carbocycles. The van der Waals surface area contributed by atoms with Crippen LogP contribution in [0.3, 0.4) is 0 Å². The van der Waals surface area contributed by atoms with E-state index in [9.17, 15) is 4.79 Å². The van der Waals surface area contributed by atoms with Crippen LogP contribution in [0.25, 0.3) is 5.70 Å². The third kappa shape index (κ3) is 4.93. The first kappa shape index (κ1) is 21.9. The Morgan fingerprint density at radius 1 is 1.00 bits per heavy atom. The van der Waals surface area contributed by atoms with Crippen LogP contribution in [-0.4, -0.2) is 18.2 Å². The molecule has 3 aromatic rings. The highest BCUT2D eigenvalue weighted by Gasteiger charge is 2.32. The van der Waals surface area contributed by atoms with Crippen LogP contribution >= 0.6 is 23.8 Å². The highest BCUT2D eigenvalue weighted by atomic mass is 35.5. The molecule has 0 unspecified atom stereocenters. The van der Waals surface area contributed by atoms with Crippen molar-refractivity contribution in [1.82, 2.24) is 10.6 Å². The fraction of sp³-hybridized carbons (Fsp3) is 0.120. The van der Waals surface area contributed by atoms with Crippen LogP contribution in [0.1, 0.15) is 22.7 Å². The number of nitrogens with one attached hydrogen (secondary N) is 2. The van der Waals surface area contributed by atoms with E-state index in [1.165, 1.54) is 7.11 Å². The van der Waals surface area contributed by atoms with E-state index in [-0.39, 0.29) is 0 Å². The maximum Gasteiger partial charge on any atom is 0.338 e. The smallest absolute Gasteiger partial charge is 0.338 e. The topological polar surface area (TPSA) is 59.6 Å². The Labute approximate surface area is 197 Å². The zero-order chi connectivity index (χ0) is 22.5. The zero-order valence-corrected chi connectivity index (χ0v) is 18.9. The minimum absolute atomic E-state index is 0.414. The molecule has 32 heavy (non-hydrogen) atoms. The summed E-state index contributed by atoms with van der Waals surface area (Å²) in [5.41, 5.74) is 3.75. The molecule has 1 aliphatic rings. The number of hydrogen-bond acceptors (Lipinski definition) is 4. The van der Waals surface area contributed by atoms with Gasteiger partial charge in [-0.2, -0.15) is 0 Å². The molecule has 1 atom stereocenters. The number of methoxy groups -OCH3 is 1. The maximum absolute atomic E-state index is 12.8. The lowest BCUT2D eigenvalue weighted by atomic mass is 9.93. The van der Waals surface area contributed by atoms with Gasteiger partial charge in [-0.3, -0.25) is 0 Å². The molecule has 2 N–H and O–H groups in total. The Hall–Kier alpha value is -3.35. The van der Waals surface area contributed by atoms with Crippen LogP contribution in [0.15, 0.2) is 84.4 Å². The highest BCUT2D eigenvalue weighted by Crippen LogP contribution is 2.33. The van der Waals surface area contributed by atoms with E-state index in [1.807, 2.05) is 66.7 Å². The molecule has 0 saturated heterocycles. The Balaban J connectivity index is 1.64. The standard InChI is InChI=1S/C25H21ClN2O3S/c1-30-24(29)21-22(17-7-11-19(26)12-8-17)27-25(32)28-23(21)18-9-13-20(14-10-18)31-15-16-5-3-2-4-6-16/h2-14,23H,15H2,1H3,(H2,27,28,32)/t23-/m0/s1. The number of halogens is 1. The lowest BCUT2D eigenvalue weighted by molar-refractivity contribution is -0.136. The average Bonchev–Trinajstić information content (AvgIpc) is 2.83. The number of carbonyl (C=O) groups excluding carboxylic acids is 1. The van der Waals surface area contributed by atoms with Crippen molar-refractivity contribution in [3.05, 3.63) is 106 Å². The average molecular weight is 465 g/mol. The first-order chi connectivity index (χ1) is 15.5. The van der Waals surface area contributed by atoms with Gasteiger partial charge >= 0.3 is 5.97 Å². The van der Waals surface area contributed by atoms with E-state index in [0.29, 0.717) is 28.0 Å². The van der Waals surface area contributed by atoms with Crippen molar-refractivity contribution < 1.29 is 14.3 Å². The molecule has 0 bridgehead atoms. The van der Waals surface area contributed by atoms with Gasteiger partial charge in [0.2, 0.25) is 0 Å². The predicted octanol–water partition coefficient (Wildman–Crippen LogP) is 5.02. The summed E-state index contributed by atoms with van der Waals surface area (Å²) < 4.78 is 11.0. The molecular weight excluding hydrogens is 444 g/mol. The maximum atomic E-state index is 12.8. The van der Waals surface area contributed by atoms with Crippen LogP contribution in [0.4, 0.5) is 0 Å². The number of thiocarbonyl (C=S) groups is 1. The third-order valence-corrected chi connectivity index (χ3v) is 5.54. The third-order valence-electron chi connectivity index (χ3n) is 5.07. The van der Waals surface area contributed by atoms with Gasteiger partial charge in [-0.05, 0) is 53.2 Å². The van der Waals surface area contributed by atoms with Crippen molar-refractivity contribution in [1.29, 1.82) is 0 Å². The molecule has 0 aliphatic carbocycles. The fourth-order valence-electron chi connectivity index (χ4n) is 3.49. The summed E-state index contributed by atoms with van der Waals surface area (Å²) in [6.07, 6.45) is 0. The molecule has 1 aliphatic heterocycles. The van der Waals surface area contributed by atoms with Gasteiger partial charge in [-0.25, -0.2) is 4.79 Å².